The molecular formula is C23H20ClNO2S. The van der Waals surface area contributed by atoms with Gasteiger partial charge in [0.25, 0.3) is 0 Å². The number of para-hydroxylation sites is 2. The largest absolute Gasteiger partial charge is 0.453 e. The predicted octanol–water partition coefficient (Wildman–Crippen LogP) is 6.80. The third kappa shape index (κ3) is 4.73. The molecule has 1 aromatic heterocycles. The Morgan fingerprint density at radius 2 is 1.29 bits per heavy atom. The third-order valence-corrected chi connectivity index (χ3v) is 5.07. The Kier molecular flexibility index (Phi) is 6.71. The Hall–Kier alpha value is -2.79. The van der Waals surface area contributed by atoms with Crippen LogP contribution in [0.3, 0.4) is 0 Å². The first-order valence-electron chi connectivity index (χ1n) is 8.68. The fourth-order valence-corrected chi connectivity index (χ4v) is 3.50. The SMILES string of the molecule is Cl.N[C@H](c1ccc(Oc2ccccc2)c(Oc2ccccc2)c1)c1cccs1. The van der Waals surface area contributed by atoms with E-state index >= 15 is 0 Å². The lowest BCUT2D eigenvalue weighted by Crippen LogP contribution is -2.10. The van der Waals surface area contributed by atoms with E-state index in [-0.39, 0.29) is 18.4 Å². The van der Waals surface area contributed by atoms with Crippen LogP contribution in [0, 0.1) is 0 Å². The molecule has 0 saturated heterocycles. The second-order valence-corrected chi connectivity index (χ2v) is 7.01. The standard InChI is InChI=1S/C23H19NO2S.ClH/c24-23(22-12-7-15-27-22)17-13-14-20(25-18-8-3-1-4-9-18)21(16-17)26-19-10-5-2-6-11-19;/h1-16,23H,24H2;1H/t23-;/m1./s1. The van der Waals surface area contributed by atoms with Gasteiger partial charge in [0, 0.05) is 4.88 Å². The van der Waals surface area contributed by atoms with Crippen LogP contribution in [-0.2, 0) is 0 Å². The van der Waals surface area contributed by atoms with Crippen LogP contribution in [-0.4, -0.2) is 0 Å². The summed E-state index contributed by atoms with van der Waals surface area (Å²) < 4.78 is 12.2. The molecule has 0 saturated carbocycles. The number of halogens is 1. The molecule has 0 aliphatic carbocycles. The smallest absolute Gasteiger partial charge is 0.170 e. The Bertz CT molecular complexity index is 992. The van der Waals surface area contributed by atoms with Crippen LogP contribution in [0.25, 0.3) is 0 Å². The number of thiophene rings is 1. The van der Waals surface area contributed by atoms with E-state index in [2.05, 4.69) is 0 Å². The average molecular weight is 410 g/mol. The zero-order valence-corrected chi connectivity index (χ0v) is 16.7. The average Bonchev–Trinajstić information content (AvgIpc) is 3.25. The van der Waals surface area contributed by atoms with Gasteiger partial charge in [-0.15, -0.1) is 23.7 Å². The summed E-state index contributed by atoms with van der Waals surface area (Å²) in [6, 6.07) is 29.0. The van der Waals surface area contributed by atoms with Gasteiger partial charge in [-0.25, -0.2) is 0 Å². The molecular weight excluding hydrogens is 390 g/mol. The van der Waals surface area contributed by atoms with Crippen LogP contribution in [0.2, 0.25) is 0 Å². The van der Waals surface area contributed by atoms with E-state index in [4.69, 9.17) is 15.2 Å². The van der Waals surface area contributed by atoms with Crippen molar-refractivity contribution in [2.24, 2.45) is 5.73 Å². The van der Waals surface area contributed by atoms with Crippen molar-refractivity contribution < 1.29 is 9.47 Å². The van der Waals surface area contributed by atoms with E-state index in [9.17, 15) is 0 Å². The molecule has 0 bridgehead atoms. The minimum absolute atomic E-state index is 0. The minimum Gasteiger partial charge on any atom is -0.453 e. The zero-order valence-electron chi connectivity index (χ0n) is 15.0. The second kappa shape index (κ2) is 9.42. The highest BCUT2D eigenvalue weighted by Crippen LogP contribution is 2.37. The molecule has 0 aliphatic rings. The minimum atomic E-state index is -0.200. The van der Waals surface area contributed by atoms with Crippen LogP contribution in [0.4, 0.5) is 0 Å². The zero-order chi connectivity index (χ0) is 18.5. The van der Waals surface area contributed by atoms with E-state index in [0.29, 0.717) is 11.5 Å². The summed E-state index contributed by atoms with van der Waals surface area (Å²) in [7, 11) is 0. The van der Waals surface area contributed by atoms with E-state index < -0.39 is 0 Å². The summed E-state index contributed by atoms with van der Waals surface area (Å²) in [6.45, 7) is 0. The first-order valence-corrected chi connectivity index (χ1v) is 9.56. The molecule has 4 aromatic rings. The van der Waals surface area contributed by atoms with Gasteiger partial charge in [-0.05, 0) is 53.4 Å². The molecule has 0 radical (unpaired) electrons. The Balaban J connectivity index is 0.00000225. The van der Waals surface area contributed by atoms with Crippen molar-refractivity contribution in [2.45, 2.75) is 6.04 Å². The van der Waals surface area contributed by atoms with Gasteiger partial charge in [0.15, 0.2) is 11.5 Å². The van der Waals surface area contributed by atoms with Crippen LogP contribution >= 0.6 is 23.7 Å². The number of benzene rings is 3. The lowest BCUT2D eigenvalue weighted by molar-refractivity contribution is 0.418. The molecule has 0 fully saturated rings. The fourth-order valence-electron chi connectivity index (χ4n) is 2.75. The number of hydrogen-bond acceptors (Lipinski definition) is 4. The second-order valence-electron chi connectivity index (χ2n) is 6.03. The predicted molar refractivity (Wildman–Crippen MR) is 117 cm³/mol. The normalized spacial score (nSPS) is 11.3. The molecule has 1 atom stereocenters. The molecule has 0 spiro atoms. The Morgan fingerprint density at radius 3 is 1.86 bits per heavy atom. The van der Waals surface area contributed by atoms with Gasteiger partial charge in [-0.2, -0.15) is 0 Å². The third-order valence-electron chi connectivity index (χ3n) is 4.12. The van der Waals surface area contributed by atoms with Crippen molar-refractivity contribution >= 4 is 23.7 Å². The van der Waals surface area contributed by atoms with Gasteiger partial charge in [-0.1, -0.05) is 48.5 Å². The van der Waals surface area contributed by atoms with E-state index in [1.54, 1.807) is 11.3 Å². The molecule has 0 amide bonds. The molecule has 0 aliphatic heterocycles. The quantitative estimate of drug-likeness (QED) is 0.380. The van der Waals surface area contributed by atoms with Crippen molar-refractivity contribution in [3.8, 4) is 23.0 Å². The van der Waals surface area contributed by atoms with E-state index in [1.165, 1.54) is 0 Å². The Morgan fingerprint density at radius 1 is 0.679 bits per heavy atom. The number of rotatable bonds is 6. The highest BCUT2D eigenvalue weighted by atomic mass is 35.5. The maximum Gasteiger partial charge on any atom is 0.170 e. The summed E-state index contributed by atoms with van der Waals surface area (Å²) in [5.74, 6) is 2.78. The van der Waals surface area contributed by atoms with Crippen molar-refractivity contribution in [3.05, 3.63) is 107 Å². The maximum atomic E-state index is 6.44. The summed E-state index contributed by atoms with van der Waals surface area (Å²) in [5, 5.41) is 2.03. The number of hydrogen-bond donors (Lipinski definition) is 1. The van der Waals surface area contributed by atoms with Crippen molar-refractivity contribution in [1.82, 2.24) is 0 Å². The van der Waals surface area contributed by atoms with Gasteiger partial charge in [0.2, 0.25) is 0 Å². The summed E-state index contributed by atoms with van der Waals surface area (Å²) in [4.78, 5) is 1.11. The Labute approximate surface area is 174 Å². The van der Waals surface area contributed by atoms with Crippen LogP contribution in [0.15, 0.2) is 96.4 Å². The van der Waals surface area contributed by atoms with Crippen LogP contribution in [0.1, 0.15) is 16.5 Å². The molecule has 2 N–H and O–H groups in total. The highest BCUT2D eigenvalue weighted by Gasteiger charge is 2.15. The van der Waals surface area contributed by atoms with Crippen molar-refractivity contribution in [3.63, 3.8) is 0 Å². The number of nitrogens with two attached hydrogens (primary N) is 1. The van der Waals surface area contributed by atoms with Gasteiger partial charge >= 0.3 is 0 Å². The van der Waals surface area contributed by atoms with E-state index in [0.717, 1.165) is 21.9 Å². The molecule has 4 rings (SSSR count). The summed E-state index contributed by atoms with van der Waals surface area (Å²) >= 11 is 1.65. The lowest BCUT2D eigenvalue weighted by atomic mass is 10.1. The molecule has 3 aromatic carbocycles. The molecule has 28 heavy (non-hydrogen) atoms. The first kappa shape index (κ1) is 20.0. The van der Waals surface area contributed by atoms with E-state index in [1.807, 2.05) is 96.4 Å². The monoisotopic (exact) mass is 409 g/mol. The van der Waals surface area contributed by atoms with Crippen LogP contribution < -0.4 is 15.2 Å². The lowest BCUT2D eigenvalue weighted by Gasteiger charge is -2.16. The molecule has 3 nitrogen and oxygen atoms in total. The molecule has 5 heteroatoms. The van der Waals surface area contributed by atoms with Crippen LogP contribution in [0.5, 0.6) is 23.0 Å². The summed E-state index contributed by atoms with van der Waals surface area (Å²) in [6.07, 6.45) is 0. The molecule has 142 valence electrons. The number of ether oxygens (including phenoxy) is 2. The first-order chi connectivity index (χ1) is 13.3. The molecule has 0 unspecified atom stereocenters. The van der Waals surface area contributed by atoms with Crippen molar-refractivity contribution in [2.75, 3.05) is 0 Å². The summed E-state index contributed by atoms with van der Waals surface area (Å²) in [5.41, 5.74) is 7.42. The fraction of sp³-hybridized carbons (Fsp3) is 0.0435. The van der Waals surface area contributed by atoms with Gasteiger partial charge in [0.1, 0.15) is 11.5 Å². The maximum absolute atomic E-state index is 6.44. The highest BCUT2D eigenvalue weighted by molar-refractivity contribution is 7.10. The van der Waals surface area contributed by atoms with Gasteiger partial charge < -0.3 is 15.2 Å². The topological polar surface area (TPSA) is 44.5 Å². The van der Waals surface area contributed by atoms with Gasteiger partial charge in [0.05, 0.1) is 6.04 Å². The van der Waals surface area contributed by atoms with Crippen molar-refractivity contribution in [1.29, 1.82) is 0 Å². The van der Waals surface area contributed by atoms with Gasteiger partial charge in [-0.3, -0.25) is 0 Å². The molecule has 1 heterocycles.